The Kier molecular flexibility index (Phi) is 2.20. The van der Waals surface area contributed by atoms with Crippen molar-refractivity contribution in [2.45, 2.75) is 11.8 Å². The van der Waals surface area contributed by atoms with E-state index in [-0.39, 0.29) is 0 Å². The van der Waals surface area contributed by atoms with E-state index in [2.05, 4.69) is 84.5 Å². The molecule has 0 saturated heterocycles. The van der Waals surface area contributed by atoms with Gasteiger partial charge in [-0.1, -0.05) is 60.7 Å². The topological polar surface area (TPSA) is 4.93 Å². The highest BCUT2D eigenvalue weighted by molar-refractivity contribution is 6.03. The number of nitrogens with zero attached hydrogens (tertiary/aromatic N) is 1. The van der Waals surface area contributed by atoms with E-state index in [0.717, 1.165) is 0 Å². The highest BCUT2D eigenvalue weighted by atomic mass is 15.0. The zero-order valence-electron chi connectivity index (χ0n) is 13.5. The van der Waals surface area contributed by atoms with Crippen LogP contribution in [0.1, 0.15) is 28.7 Å². The molecule has 24 heavy (non-hydrogen) atoms. The maximum absolute atomic E-state index is 2.39. The molecule has 0 fully saturated rings. The molecule has 2 unspecified atom stereocenters. The summed E-state index contributed by atoms with van der Waals surface area (Å²) in [5.41, 5.74) is 9.90. The van der Waals surface area contributed by atoms with Crippen LogP contribution in [0.2, 0.25) is 0 Å². The van der Waals surface area contributed by atoms with Crippen molar-refractivity contribution in [1.29, 1.82) is 0 Å². The second-order valence-corrected chi connectivity index (χ2v) is 7.03. The van der Waals surface area contributed by atoms with Gasteiger partial charge in [-0.2, -0.15) is 0 Å². The zero-order valence-corrected chi connectivity index (χ0v) is 13.5. The fraction of sp³-hybridized carbons (Fsp3) is 0.130. The molecule has 0 saturated carbocycles. The van der Waals surface area contributed by atoms with E-state index in [1.807, 2.05) is 0 Å². The average molecular weight is 307 g/mol. The van der Waals surface area contributed by atoms with Gasteiger partial charge in [0.2, 0.25) is 0 Å². The first-order valence-electron chi connectivity index (χ1n) is 8.61. The van der Waals surface area contributed by atoms with Crippen LogP contribution in [-0.2, 0) is 7.05 Å². The van der Waals surface area contributed by atoms with E-state index in [1.54, 1.807) is 0 Å². The van der Waals surface area contributed by atoms with Crippen molar-refractivity contribution in [3.05, 3.63) is 89.2 Å². The first-order valence-corrected chi connectivity index (χ1v) is 8.61. The van der Waals surface area contributed by atoms with Gasteiger partial charge < -0.3 is 4.57 Å². The molecule has 1 heterocycles. The molecule has 0 N–H and O–H groups in total. The molecule has 3 aliphatic carbocycles. The molecule has 1 aromatic heterocycles. The maximum atomic E-state index is 2.39. The van der Waals surface area contributed by atoms with Crippen molar-refractivity contribution in [3.8, 4) is 11.1 Å². The molecule has 2 aromatic carbocycles. The molecule has 1 nitrogen and oxygen atoms in total. The SMILES string of the molecule is Cn1c2c3c4c(cccc41)-c1ccccc1C1C=CC=C(C=C2)C31. The smallest absolute Gasteiger partial charge is 0.0491 e. The predicted molar refractivity (Wildman–Crippen MR) is 100 cm³/mol. The quantitative estimate of drug-likeness (QED) is 0.513. The number of aromatic nitrogens is 1. The minimum atomic E-state index is 0.419. The maximum Gasteiger partial charge on any atom is 0.0491 e. The number of benzene rings is 2. The molecule has 1 heteroatoms. The lowest BCUT2D eigenvalue weighted by Gasteiger charge is -2.31. The van der Waals surface area contributed by atoms with Crippen LogP contribution in [0.3, 0.4) is 0 Å². The second kappa shape index (κ2) is 4.18. The molecule has 0 aliphatic heterocycles. The third-order valence-corrected chi connectivity index (χ3v) is 5.99. The number of hydrogen-bond acceptors (Lipinski definition) is 0. The van der Waals surface area contributed by atoms with Crippen LogP contribution >= 0.6 is 0 Å². The Morgan fingerprint density at radius 3 is 2.75 bits per heavy atom. The van der Waals surface area contributed by atoms with Gasteiger partial charge in [-0.05, 0) is 40.0 Å². The van der Waals surface area contributed by atoms with Crippen LogP contribution in [0.15, 0.2) is 72.3 Å². The van der Waals surface area contributed by atoms with Crippen LogP contribution in [0, 0.1) is 0 Å². The summed E-state index contributed by atoms with van der Waals surface area (Å²) < 4.78 is 2.37. The van der Waals surface area contributed by atoms with Gasteiger partial charge >= 0.3 is 0 Å². The minimum Gasteiger partial charge on any atom is -0.344 e. The third kappa shape index (κ3) is 1.33. The number of fused-ring (bicyclic) bond motifs is 3. The van der Waals surface area contributed by atoms with Crippen LogP contribution in [-0.4, -0.2) is 4.57 Å². The van der Waals surface area contributed by atoms with Crippen molar-refractivity contribution in [2.75, 3.05) is 0 Å². The zero-order chi connectivity index (χ0) is 15.8. The van der Waals surface area contributed by atoms with Gasteiger partial charge in [0, 0.05) is 35.5 Å². The van der Waals surface area contributed by atoms with Crippen LogP contribution < -0.4 is 0 Å². The van der Waals surface area contributed by atoms with Crippen LogP contribution in [0.5, 0.6) is 0 Å². The Hall–Kier alpha value is -2.80. The lowest BCUT2D eigenvalue weighted by atomic mass is 9.72. The summed E-state index contributed by atoms with van der Waals surface area (Å²) in [5.74, 6) is 0.853. The van der Waals surface area contributed by atoms with Gasteiger partial charge in [-0.3, -0.25) is 0 Å². The normalized spacial score (nSPS) is 22.3. The number of hydrogen-bond donors (Lipinski definition) is 0. The average Bonchev–Trinajstić information content (AvgIpc) is 2.86. The second-order valence-electron chi connectivity index (χ2n) is 7.03. The summed E-state index contributed by atoms with van der Waals surface area (Å²) in [7, 11) is 2.20. The lowest BCUT2D eigenvalue weighted by molar-refractivity contribution is 0.704. The predicted octanol–water partition coefficient (Wildman–Crippen LogP) is 5.55. The summed E-state index contributed by atoms with van der Waals surface area (Å²) >= 11 is 0. The van der Waals surface area contributed by atoms with E-state index in [0.29, 0.717) is 11.8 Å². The van der Waals surface area contributed by atoms with Crippen molar-refractivity contribution >= 4 is 17.0 Å². The van der Waals surface area contributed by atoms with Gasteiger partial charge in [-0.15, -0.1) is 0 Å². The molecule has 0 bridgehead atoms. The largest absolute Gasteiger partial charge is 0.344 e. The van der Waals surface area contributed by atoms with E-state index in [1.165, 1.54) is 44.4 Å². The van der Waals surface area contributed by atoms with Crippen molar-refractivity contribution in [1.82, 2.24) is 4.57 Å². The van der Waals surface area contributed by atoms with Gasteiger partial charge in [0.25, 0.3) is 0 Å². The van der Waals surface area contributed by atoms with E-state index in [9.17, 15) is 0 Å². The molecule has 3 aromatic rings. The summed E-state index contributed by atoms with van der Waals surface area (Å²) in [5, 5.41) is 1.44. The minimum absolute atomic E-state index is 0.419. The number of aryl methyl sites for hydroxylation is 1. The van der Waals surface area contributed by atoms with Gasteiger partial charge in [0.1, 0.15) is 0 Å². The fourth-order valence-corrected chi connectivity index (χ4v) is 4.99. The Morgan fingerprint density at radius 1 is 0.917 bits per heavy atom. The molecule has 0 amide bonds. The number of rotatable bonds is 0. The van der Waals surface area contributed by atoms with Crippen LogP contribution in [0.25, 0.3) is 28.1 Å². The molecule has 0 radical (unpaired) electrons. The summed E-state index contributed by atoms with van der Waals surface area (Å²) in [4.78, 5) is 0. The molecule has 114 valence electrons. The van der Waals surface area contributed by atoms with Crippen molar-refractivity contribution < 1.29 is 0 Å². The highest BCUT2D eigenvalue weighted by Crippen LogP contribution is 2.55. The molecular weight excluding hydrogens is 290 g/mol. The monoisotopic (exact) mass is 307 g/mol. The molecule has 6 rings (SSSR count). The fourth-order valence-electron chi connectivity index (χ4n) is 4.99. The van der Waals surface area contributed by atoms with Gasteiger partial charge in [0.05, 0.1) is 0 Å². The standard InChI is InChI=1S/C23H17N/c1-24-19-11-5-10-18-16-8-3-2-7-15(16)17-9-4-6-14-12-13-20(24)23(21(14)17)22(18)19/h2-13,17,21H,1H3. The number of allylic oxidation sites excluding steroid dienone is 5. The highest BCUT2D eigenvalue weighted by Gasteiger charge is 2.37. The van der Waals surface area contributed by atoms with Gasteiger partial charge in [0.15, 0.2) is 0 Å². The van der Waals surface area contributed by atoms with Crippen LogP contribution in [0.4, 0.5) is 0 Å². The Balaban J connectivity index is 1.89. The summed E-state index contributed by atoms with van der Waals surface area (Å²) in [6.07, 6.45) is 11.5. The summed E-state index contributed by atoms with van der Waals surface area (Å²) in [6.45, 7) is 0. The van der Waals surface area contributed by atoms with E-state index in [4.69, 9.17) is 0 Å². The Bertz CT molecular complexity index is 1120. The Labute approximate surface area is 141 Å². The lowest BCUT2D eigenvalue weighted by Crippen LogP contribution is -2.16. The molecule has 3 aliphatic rings. The first kappa shape index (κ1) is 12.6. The van der Waals surface area contributed by atoms with Gasteiger partial charge in [-0.25, -0.2) is 0 Å². The molecule has 0 spiro atoms. The molecular formula is C23H17N. The van der Waals surface area contributed by atoms with E-state index >= 15 is 0 Å². The van der Waals surface area contributed by atoms with Crippen molar-refractivity contribution in [2.24, 2.45) is 7.05 Å². The first-order chi connectivity index (χ1) is 11.8. The summed E-state index contributed by atoms with van der Waals surface area (Å²) in [6, 6.07) is 15.7. The van der Waals surface area contributed by atoms with Crippen molar-refractivity contribution in [3.63, 3.8) is 0 Å². The third-order valence-electron chi connectivity index (χ3n) is 5.99. The Morgan fingerprint density at radius 2 is 1.79 bits per heavy atom. The molecule has 2 atom stereocenters. The van der Waals surface area contributed by atoms with E-state index < -0.39 is 0 Å².